The van der Waals surface area contributed by atoms with Gasteiger partial charge in [-0.3, -0.25) is 4.79 Å². The lowest BCUT2D eigenvalue weighted by Gasteiger charge is -2.21. The minimum absolute atomic E-state index is 0.113. The Kier molecular flexibility index (Phi) is 48.1. The number of nitrogens with one attached hydrogen (secondary N) is 3. The Bertz CT molecular complexity index is 846. The molecule has 3 N–H and O–H groups in total. The van der Waals surface area contributed by atoms with Gasteiger partial charge in [-0.25, -0.2) is 4.79 Å². The molecular weight excluding hydrogens is 735 g/mol. The Labute approximate surface area is 367 Å². The van der Waals surface area contributed by atoms with E-state index in [-0.39, 0.29) is 18.6 Å². The molecular formula is C51H103N3O5. The van der Waals surface area contributed by atoms with Crippen molar-refractivity contribution in [3.8, 4) is 0 Å². The van der Waals surface area contributed by atoms with Crippen LogP contribution in [0.1, 0.15) is 258 Å². The zero-order chi connectivity index (χ0) is 43.0. The van der Waals surface area contributed by atoms with Gasteiger partial charge in [0.2, 0.25) is 5.91 Å². The van der Waals surface area contributed by atoms with Crippen LogP contribution in [-0.4, -0.2) is 70.7 Å². The second-order valence-corrected chi connectivity index (χ2v) is 17.7. The van der Waals surface area contributed by atoms with Crippen LogP contribution in [0.15, 0.2) is 0 Å². The Morgan fingerprint density at radius 3 is 1.22 bits per heavy atom. The van der Waals surface area contributed by atoms with E-state index >= 15 is 0 Å². The number of rotatable bonds is 49. The molecule has 0 aromatic rings. The van der Waals surface area contributed by atoms with Crippen molar-refractivity contribution in [2.75, 3.05) is 46.6 Å². The largest absolute Gasteiger partial charge is 0.447 e. The van der Waals surface area contributed by atoms with Crippen molar-refractivity contribution in [2.45, 2.75) is 270 Å². The molecule has 2 unspecified atom stereocenters. The van der Waals surface area contributed by atoms with Crippen LogP contribution in [0.5, 0.6) is 0 Å². The number of carbonyl (C=O) groups excluding carboxylic acids is 2. The molecule has 0 aliphatic carbocycles. The molecule has 0 rings (SSSR count). The van der Waals surface area contributed by atoms with Crippen molar-refractivity contribution >= 4 is 12.0 Å². The van der Waals surface area contributed by atoms with Gasteiger partial charge >= 0.3 is 6.09 Å². The Hall–Kier alpha value is -1.38. The second-order valence-electron chi connectivity index (χ2n) is 17.7. The number of unbranched alkanes of at least 4 members (excludes halogenated alkanes) is 33. The van der Waals surface area contributed by atoms with E-state index in [9.17, 15) is 9.59 Å². The van der Waals surface area contributed by atoms with Crippen molar-refractivity contribution in [3.05, 3.63) is 0 Å². The van der Waals surface area contributed by atoms with Crippen LogP contribution < -0.4 is 16.0 Å². The van der Waals surface area contributed by atoms with E-state index in [1.165, 1.54) is 199 Å². The van der Waals surface area contributed by atoms with E-state index in [1.54, 1.807) is 0 Å². The number of ether oxygens (including phenoxy) is 3. The molecule has 8 heteroatoms. The maximum atomic E-state index is 13.1. The van der Waals surface area contributed by atoms with Crippen LogP contribution in [0, 0.1) is 0 Å². The van der Waals surface area contributed by atoms with Gasteiger partial charge in [0, 0.05) is 19.8 Å². The highest BCUT2D eigenvalue weighted by Gasteiger charge is 2.22. The summed E-state index contributed by atoms with van der Waals surface area (Å²) in [5.74, 6) is -0.147. The smallest absolute Gasteiger partial charge is 0.407 e. The van der Waals surface area contributed by atoms with Gasteiger partial charge in [-0.1, -0.05) is 233 Å². The Balaban J connectivity index is 4.53. The summed E-state index contributed by atoms with van der Waals surface area (Å²) in [6.07, 6.45) is 46.5. The maximum absolute atomic E-state index is 13.1. The zero-order valence-corrected chi connectivity index (χ0v) is 40.1. The Morgan fingerprint density at radius 1 is 0.441 bits per heavy atom. The predicted octanol–water partition coefficient (Wildman–Crippen LogP) is 14.3. The lowest BCUT2D eigenvalue weighted by atomic mass is 10.1. The number of alkyl carbamates (subject to hydrolysis) is 1. The quantitative estimate of drug-likeness (QED) is 0.0528. The lowest BCUT2D eigenvalue weighted by Crippen LogP contribution is -2.48. The summed E-state index contributed by atoms with van der Waals surface area (Å²) in [6, 6.07) is -0.644. The first-order valence-electron chi connectivity index (χ1n) is 26.1. The monoisotopic (exact) mass is 838 g/mol. The normalized spacial score (nSPS) is 12.5. The Morgan fingerprint density at radius 2 is 0.814 bits per heavy atom. The summed E-state index contributed by atoms with van der Waals surface area (Å²) in [6.45, 7) is 9.94. The van der Waals surface area contributed by atoms with Crippen molar-refractivity contribution in [1.29, 1.82) is 0 Å². The summed E-state index contributed by atoms with van der Waals surface area (Å²) in [4.78, 5) is 26.1. The summed E-state index contributed by atoms with van der Waals surface area (Å²) in [5, 5.41) is 8.99. The van der Waals surface area contributed by atoms with E-state index in [2.05, 4.69) is 36.7 Å². The van der Waals surface area contributed by atoms with Crippen molar-refractivity contribution in [1.82, 2.24) is 16.0 Å². The molecule has 352 valence electrons. The first-order chi connectivity index (χ1) is 29.1. The third kappa shape index (κ3) is 44.5. The maximum Gasteiger partial charge on any atom is 0.407 e. The zero-order valence-electron chi connectivity index (χ0n) is 40.1. The highest BCUT2D eigenvalue weighted by molar-refractivity contribution is 5.85. The average molecular weight is 838 g/mol. The predicted molar refractivity (Wildman–Crippen MR) is 254 cm³/mol. The fourth-order valence-electron chi connectivity index (χ4n) is 7.81. The molecule has 0 fully saturated rings. The highest BCUT2D eigenvalue weighted by atomic mass is 16.6. The molecule has 0 saturated carbocycles. The molecule has 59 heavy (non-hydrogen) atoms. The van der Waals surface area contributed by atoms with Gasteiger partial charge in [-0.15, -0.1) is 0 Å². The standard InChI is InChI=1S/C51H103N3O5/c1-5-8-11-14-17-20-23-26-29-32-35-38-42-53-50(55)49(41-43-52-4)54-51(56)59-47-48(58-45-40-37-34-31-28-25-22-19-16-13-10-7-3)46-57-44-39-36-33-30-27-24-21-18-15-12-9-6-2/h48-49,52H,5-47H2,1-4H3,(H,53,55)(H,54,56). The van der Waals surface area contributed by atoms with Crippen LogP contribution >= 0.6 is 0 Å². The molecule has 8 nitrogen and oxygen atoms in total. The number of hydrogen-bond donors (Lipinski definition) is 3. The SMILES string of the molecule is CCCCCCCCCCCCCCNC(=O)C(CCNC)NC(=O)OCC(COCCCCCCCCCCCCCC)OCCCCCCCCCCCCCC. The van der Waals surface area contributed by atoms with Gasteiger partial charge in [0.25, 0.3) is 0 Å². The minimum Gasteiger partial charge on any atom is -0.447 e. The molecule has 0 aromatic carbocycles. The second kappa shape index (κ2) is 49.3. The van der Waals surface area contributed by atoms with Gasteiger partial charge in [0.1, 0.15) is 18.8 Å². The first-order valence-corrected chi connectivity index (χ1v) is 26.1. The highest BCUT2D eigenvalue weighted by Crippen LogP contribution is 2.15. The van der Waals surface area contributed by atoms with Gasteiger partial charge in [-0.2, -0.15) is 0 Å². The van der Waals surface area contributed by atoms with Crippen LogP contribution in [-0.2, 0) is 19.0 Å². The number of hydrogen-bond acceptors (Lipinski definition) is 6. The van der Waals surface area contributed by atoms with Gasteiger partial charge in [-0.05, 0) is 39.3 Å². The molecule has 0 heterocycles. The summed E-state index contributed by atoms with van der Waals surface area (Å²) in [5.41, 5.74) is 0. The van der Waals surface area contributed by atoms with Crippen LogP contribution in [0.3, 0.4) is 0 Å². The third-order valence-corrected chi connectivity index (χ3v) is 11.8. The molecule has 0 aliphatic heterocycles. The third-order valence-electron chi connectivity index (χ3n) is 11.8. The van der Waals surface area contributed by atoms with Crippen molar-refractivity contribution < 1.29 is 23.8 Å². The molecule has 0 bridgehead atoms. The minimum atomic E-state index is -0.644. The van der Waals surface area contributed by atoms with Gasteiger partial charge in [0.05, 0.1) is 6.61 Å². The molecule has 0 saturated heterocycles. The van der Waals surface area contributed by atoms with Crippen LogP contribution in [0.25, 0.3) is 0 Å². The first kappa shape index (κ1) is 57.6. The lowest BCUT2D eigenvalue weighted by molar-refractivity contribution is -0.123. The van der Waals surface area contributed by atoms with Crippen molar-refractivity contribution in [2.24, 2.45) is 0 Å². The van der Waals surface area contributed by atoms with Gasteiger partial charge in [0.15, 0.2) is 0 Å². The molecule has 2 atom stereocenters. The molecule has 0 spiro atoms. The van der Waals surface area contributed by atoms with E-state index in [1.807, 2.05) is 7.05 Å². The summed E-state index contributed by atoms with van der Waals surface area (Å²) in [7, 11) is 1.86. The van der Waals surface area contributed by atoms with E-state index in [0.29, 0.717) is 39.3 Å². The summed E-state index contributed by atoms with van der Waals surface area (Å²) >= 11 is 0. The van der Waals surface area contributed by atoms with E-state index in [0.717, 1.165) is 32.1 Å². The fourth-order valence-corrected chi connectivity index (χ4v) is 7.81. The average Bonchev–Trinajstić information content (AvgIpc) is 3.24. The van der Waals surface area contributed by atoms with E-state index in [4.69, 9.17) is 14.2 Å². The van der Waals surface area contributed by atoms with Crippen molar-refractivity contribution in [3.63, 3.8) is 0 Å². The number of carbonyl (C=O) groups is 2. The molecule has 0 aliphatic rings. The molecule has 0 aromatic heterocycles. The van der Waals surface area contributed by atoms with E-state index < -0.39 is 12.1 Å². The topological polar surface area (TPSA) is 97.9 Å². The fraction of sp³-hybridized carbons (Fsp3) is 0.961. The van der Waals surface area contributed by atoms with Crippen LogP contribution in [0.4, 0.5) is 4.79 Å². The molecule has 0 radical (unpaired) electrons. The van der Waals surface area contributed by atoms with Crippen LogP contribution in [0.2, 0.25) is 0 Å². The molecule has 2 amide bonds. The number of amides is 2. The summed E-state index contributed by atoms with van der Waals surface area (Å²) < 4.78 is 18.0. The van der Waals surface area contributed by atoms with Gasteiger partial charge < -0.3 is 30.2 Å².